The minimum atomic E-state index is 0.144. The summed E-state index contributed by atoms with van der Waals surface area (Å²) in [6.45, 7) is 4.54. The highest BCUT2D eigenvalue weighted by atomic mass is 16.5. The Balaban J connectivity index is 1.23. The Hall–Kier alpha value is -3.53. The molecule has 0 amide bonds. The number of aromatic nitrogens is 7. The van der Waals surface area contributed by atoms with E-state index in [0.717, 1.165) is 92.0 Å². The van der Waals surface area contributed by atoms with Crippen LogP contribution in [0.5, 0.6) is 5.88 Å². The maximum atomic E-state index is 6.19. The second kappa shape index (κ2) is 10.5. The van der Waals surface area contributed by atoms with Gasteiger partial charge >= 0.3 is 0 Å². The smallest absolute Gasteiger partial charge is 0.235 e. The Morgan fingerprint density at radius 1 is 1.03 bits per heavy atom. The number of nitrogens with one attached hydrogen (secondary N) is 1. The molecule has 10 heteroatoms. The van der Waals surface area contributed by atoms with Gasteiger partial charge in [0, 0.05) is 68.6 Å². The number of pyridine rings is 1. The van der Waals surface area contributed by atoms with Gasteiger partial charge in [0.2, 0.25) is 5.88 Å². The van der Waals surface area contributed by atoms with E-state index in [2.05, 4.69) is 47.0 Å². The van der Waals surface area contributed by atoms with Crippen LogP contribution in [-0.4, -0.2) is 60.9 Å². The second-order valence-corrected chi connectivity index (χ2v) is 10.1. The zero-order chi connectivity index (χ0) is 25.2. The van der Waals surface area contributed by atoms with Crippen LogP contribution in [-0.2, 0) is 11.3 Å². The zero-order valence-corrected chi connectivity index (χ0v) is 21.5. The van der Waals surface area contributed by atoms with Crippen LogP contribution in [0.25, 0.3) is 22.2 Å². The molecular formula is C27H34N8O2. The molecule has 194 valence electrons. The molecule has 1 aliphatic heterocycles. The molecule has 6 rings (SSSR count). The molecule has 1 aliphatic carbocycles. The van der Waals surface area contributed by atoms with E-state index in [-0.39, 0.29) is 6.10 Å². The molecule has 0 bridgehead atoms. The van der Waals surface area contributed by atoms with Crippen molar-refractivity contribution in [3.8, 4) is 17.1 Å². The van der Waals surface area contributed by atoms with Gasteiger partial charge in [0.05, 0.1) is 23.4 Å². The molecule has 0 unspecified atom stereocenters. The number of hydrogen-bond donors (Lipinski definition) is 1. The van der Waals surface area contributed by atoms with Crippen molar-refractivity contribution in [2.24, 2.45) is 5.92 Å². The highest BCUT2D eigenvalue weighted by molar-refractivity contribution is 5.93. The van der Waals surface area contributed by atoms with Gasteiger partial charge in [-0.15, -0.1) is 0 Å². The van der Waals surface area contributed by atoms with Gasteiger partial charge in [-0.2, -0.15) is 10.2 Å². The lowest BCUT2D eigenvalue weighted by molar-refractivity contribution is 0.0601. The molecule has 37 heavy (non-hydrogen) atoms. The van der Waals surface area contributed by atoms with E-state index < -0.39 is 0 Å². The number of fused-ring (bicyclic) bond motifs is 1. The minimum absolute atomic E-state index is 0.144. The predicted octanol–water partition coefficient (Wildman–Crippen LogP) is 4.42. The fourth-order valence-corrected chi connectivity index (χ4v) is 5.52. The third-order valence-corrected chi connectivity index (χ3v) is 7.64. The average molecular weight is 503 g/mol. The van der Waals surface area contributed by atoms with Gasteiger partial charge in [-0.05, 0) is 51.4 Å². The normalized spacial score (nSPS) is 20.8. The van der Waals surface area contributed by atoms with Crippen molar-refractivity contribution >= 4 is 16.7 Å². The second-order valence-electron chi connectivity index (χ2n) is 10.1. The van der Waals surface area contributed by atoms with Crippen LogP contribution in [0.4, 0.5) is 5.82 Å². The number of anilines is 1. The topological polar surface area (TPSA) is 105 Å². The molecule has 2 aliphatic rings. The van der Waals surface area contributed by atoms with E-state index in [1.165, 1.54) is 0 Å². The molecule has 0 atom stereocenters. The van der Waals surface area contributed by atoms with Crippen LogP contribution in [0, 0.1) is 12.8 Å². The fraction of sp³-hybridized carbons (Fsp3) is 0.519. The van der Waals surface area contributed by atoms with Crippen molar-refractivity contribution in [2.45, 2.75) is 64.1 Å². The molecule has 2 fully saturated rings. The molecule has 4 aromatic heterocycles. The summed E-state index contributed by atoms with van der Waals surface area (Å²) < 4.78 is 16.0. The molecule has 1 saturated carbocycles. The van der Waals surface area contributed by atoms with Crippen molar-refractivity contribution in [1.29, 1.82) is 0 Å². The first kappa shape index (κ1) is 23.8. The summed E-state index contributed by atoms with van der Waals surface area (Å²) in [5, 5.41) is 14.1. The van der Waals surface area contributed by atoms with Crippen LogP contribution in [0.2, 0.25) is 0 Å². The number of rotatable bonds is 7. The van der Waals surface area contributed by atoms with E-state index >= 15 is 0 Å². The summed E-state index contributed by atoms with van der Waals surface area (Å²) in [5.74, 6) is 2.09. The van der Waals surface area contributed by atoms with Gasteiger partial charge in [-0.25, -0.2) is 9.97 Å². The van der Waals surface area contributed by atoms with Gasteiger partial charge < -0.3 is 14.8 Å². The molecule has 10 nitrogen and oxygen atoms in total. The van der Waals surface area contributed by atoms with Crippen LogP contribution >= 0.6 is 0 Å². The zero-order valence-electron chi connectivity index (χ0n) is 21.5. The molecule has 1 N–H and O–H groups in total. The van der Waals surface area contributed by atoms with E-state index in [1.54, 1.807) is 12.4 Å². The average Bonchev–Trinajstić information content (AvgIpc) is 3.55. The van der Waals surface area contributed by atoms with Gasteiger partial charge in [0.1, 0.15) is 17.6 Å². The van der Waals surface area contributed by atoms with Crippen molar-refractivity contribution in [3.05, 3.63) is 42.7 Å². The summed E-state index contributed by atoms with van der Waals surface area (Å²) in [5.41, 5.74) is 3.90. The number of hydrogen-bond acceptors (Lipinski definition) is 8. The summed E-state index contributed by atoms with van der Waals surface area (Å²) in [6, 6.07) is 2.40. The van der Waals surface area contributed by atoms with E-state index in [0.29, 0.717) is 17.8 Å². The third kappa shape index (κ3) is 5.02. The monoisotopic (exact) mass is 502 g/mol. The molecular weight excluding hydrogens is 468 g/mol. The number of nitrogens with zero attached hydrogens (tertiary/aromatic N) is 7. The molecule has 4 aromatic rings. The summed E-state index contributed by atoms with van der Waals surface area (Å²) in [7, 11) is 1.90. The maximum absolute atomic E-state index is 6.19. The van der Waals surface area contributed by atoms with Crippen molar-refractivity contribution < 1.29 is 9.47 Å². The summed E-state index contributed by atoms with van der Waals surface area (Å²) in [4.78, 5) is 13.3. The van der Waals surface area contributed by atoms with Gasteiger partial charge in [0.25, 0.3) is 0 Å². The predicted molar refractivity (Wildman–Crippen MR) is 141 cm³/mol. The van der Waals surface area contributed by atoms with Crippen LogP contribution in [0.3, 0.4) is 0 Å². The first-order chi connectivity index (χ1) is 18.2. The molecule has 0 radical (unpaired) electrons. The molecule has 0 spiro atoms. The molecule has 1 saturated heterocycles. The van der Waals surface area contributed by atoms with Crippen molar-refractivity contribution in [3.63, 3.8) is 0 Å². The van der Waals surface area contributed by atoms with Crippen molar-refractivity contribution in [2.75, 3.05) is 25.6 Å². The van der Waals surface area contributed by atoms with Gasteiger partial charge in [-0.1, -0.05) is 0 Å². The van der Waals surface area contributed by atoms with E-state index in [1.807, 2.05) is 26.4 Å². The van der Waals surface area contributed by atoms with Gasteiger partial charge in [0.15, 0.2) is 0 Å². The largest absolute Gasteiger partial charge is 0.473 e. The quantitative estimate of drug-likeness (QED) is 0.396. The maximum Gasteiger partial charge on any atom is 0.235 e. The third-order valence-electron chi connectivity index (χ3n) is 7.64. The van der Waals surface area contributed by atoms with Crippen molar-refractivity contribution in [1.82, 2.24) is 34.5 Å². The summed E-state index contributed by atoms with van der Waals surface area (Å²) in [6.07, 6.45) is 15.6. The number of ether oxygens (including phenoxy) is 2. The minimum Gasteiger partial charge on any atom is -0.473 e. The molecule has 0 aromatic carbocycles. The SMILES string of the molecule is CNc1cc2c(cn1)c(-c1cnn(CC3CCOCC3)c1)nn2[C@H]1CC[C@@H](Oc2nccnc2C)CC1. The van der Waals surface area contributed by atoms with E-state index in [4.69, 9.17) is 14.6 Å². The Bertz CT molecular complexity index is 1350. The van der Waals surface area contributed by atoms with E-state index in [9.17, 15) is 0 Å². The Morgan fingerprint density at radius 2 is 1.84 bits per heavy atom. The molecule has 5 heterocycles. The number of aryl methyl sites for hydroxylation is 1. The van der Waals surface area contributed by atoms with Gasteiger partial charge in [-0.3, -0.25) is 14.3 Å². The summed E-state index contributed by atoms with van der Waals surface area (Å²) >= 11 is 0. The lowest BCUT2D eigenvalue weighted by Crippen LogP contribution is -2.26. The van der Waals surface area contributed by atoms with Crippen LogP contribution in [0.15, 0.2) is 37.1 Å². The first-order valence-electron chi connectivity index (χ1n) is 13.3. The Labute approximate surface area is 216 Å². The Kier molecular flexibility index (Phi) is 6.73. The first-order valence-corrected chi connectivity index (χ1v) is 13.3. The van der Waals surface area contributed by atoms with Crippen LogP contribution in [0.1, 0.15) is 50.3 Å². The lowest BCUT2D eigenvalue weighted by atomic mass is 9.93. The lowest BCUT2D eigenvalue weighted by Gasteiger charge is -2.29. The fourth-order valence-electron chi connectivity index (χ4n) is 5.52. The Morgan fingerprint density at radius 3 is 2.62 bits per heavy atom. The van der Waals surface area contributed by atoms with Crippen LogP contribution < -0.4 is 10.1 Å². The highest BCUT2D eigenvalue weighted by Gasteiger charge is 2.28. The standard InChI is InChI=1S/C27H34N8O2/c1-18-27(30-10-9-29-18)37-22-5-3-21(4-6-22)35-24-13-25(28-2)31-15-23(24)26(33-35)20-14-32-34(17-20)16-19-7-11-36-12-8-19/h9-10,13-15,17,19,21-22H,3-8,11-12,16H2,1-2H3,(H,28,31)/t21-,22+. The highest BCUT2D eigenvalue weighted by Crippen LogP contribution is 2.36.